The first-order valence-corrected chi connectivity index (χ1v) is 10.5. The highest BCUT2D eigenvalue weighted by Crippen LogP contribution is 2.22. The van der Waals surface area contributed by atoms with E-state index in [1.165, 1.54) is 13.8 Å². The standard InChI is InChI=1S/C26H27N3O4/c1-16-5-12-22(15-17(16)2)28-25(33)27-21-13-10-19(11-14-21)18-6-8-20(9-7-18)23(30)29-26(3,4)24(31)32/h5-15H,1-4H3,(H,29,30)(H,31,32)(H2,27,28,33). The fourth-order valence-corrected chi connectivity index (χ4v) is 3.08. The molecule has 0 aliphatic heterocycles. The fraction of sp³-hybridized carbons (Fsp3) is 0.192. The lowest BCUT2D eigenvalue weighted by Crippen LogP contribution is -2.49. The zero-order valence-electron chi connectivity index (χ0n) is 19.0. The Morgan fingerprint density at radius 2 is 1.24 bits per heavy atom. The summed E-state index contributed by atoms with van der Waals surface area (Å²) in [7, 11) is 0. The van der Waals surface area contributed by atoms with E-state index in [9.17, 15) is 14.4 Å². The topological polar surface area (TPSA) is 108 Å². The molecule has 0 aliphatic carbocycles. The molecule has 33 heavy (non-hydrogen) atoms. The zero-order valence-corrected chi connectivity index (χ0v) is 19.0. The number of carboxylic acid groups (broad SMARTS) is 1. The molecule has 0 spiro atoms. The van der Waals surface area contributed by atoms with Crippen LogP contribution in [0.1, 0.15) is 35.3 Å². The van der Waals surface area contributed by atoms with Gasteiger partial charge in [-0.15, -0.1) is 0 Å². The first kappa shape index (κ1) is 23.5. The van der Waals surface area contributed by atoms with Crippen LogP contribution in [0.3, 0.4) is 0 Å². The van der Waals surface area contributed by atoms with Crippen molar-refractivity contribution in [3.63, 3.8) is 0 Å². The van der Waals surface area contributed by atoms with Gasteiger partial charge in [0.05, 0.1) is 0 Å². The molecule has 0 saturated carbocycles. The SMILES string of the molecule is Cc1ccc(NC(=O)Nc2ccc(-c3ccc(C(=O)NC(C)(C)C(=O)O)cc3)cc2)cc1C. The van der Waals surface area contributed by atoms with Gasteiger partial charge in [-0.3, -0.25) is 4.79 Å². The van der Waals surface area contributed by atoms with Crippen LogP contribution in [0.25, 0.3) is 11.1 Å². The Balaban J connectivity index is 1.62. The number of amides is 3. The first-order chi connectivity index (χ1) is 15.5. The van der Waals surface area contributed by atoms with Gasteiger partial charge in [0.1, 0.15) is 5.54 Å². The lowest BCUT2D eigenvalue weighted by Gasteiger charge is -2.21. The van der Waals surface area contributed by atoms with E-state index in [2.05, 4.69) is 16.0 Å². The highest BCUT2D eigenvalue weighted by atomic mass is 16.4. The van der Waals surface area contributed by atoms with Crippen molar-refractivity contribution < 1.29 is 19.5 Å². The molecule has 0 bridgehead atoms. The molecule has 0 atom stereocenters. The quantitative estimate of drug-likeness (QED) is 0.418. The van der Waals surface area contributed by atoms with Crippen LogP contribution in [0.15, 0.2) is 66.7 Å². The highest BCUT2D eigenvalue weighted by molar-refractivity contribution is 6.00. The number of carbonyl (C=O) groups excluding carboxylic acids is 2. The number of urea groups is 1. The number of aryl methyl sites for hydroxylation is 2. The molecule has 7 heteroatoms. The number of rotatable bonds is 6. The number of nitrogens with one attached hydrogen (secondary N) is 3. The molecule has 7 nitrogen and oxygen atoms in total. The molecule has 0 aromatic heterocycles. The third-order valence-electron chi connectivity index (χ3n) is 5.35. The Labute approximate surface area is 192 Å². The van der Waals surface area contributed by atoms with Gasteiger partial charge < -0.3 is 21.1 Å². The molecule has 0 saturated heterocycles. The van der Waals surface area contributed by atoms with Crippen LogP contribution >= 0.6 is 0 Å². The van der Waals surface area contributed by atoms with Gasteiger partial charge in [-0.05, 0) is 86.3 Å². The molecule has 3 rings (SSSR count). The number of carbonyl (C=O) groups is 3. The molecule has 0 unspecified atom stereocenters. The van der Waals surface area contributed by atoms with Crippen LogP contribution in [0.2, 0.25) is 0 Å². The van der Waals surface area contributed by atoms with Crippen LogP contribution in [-0.4, -0.2) is 28.6 Å². The normalized spacial score (nSPS) is 10.9. The van der Waals surface area contributed by atoms with Crippen LogP contribution in [0.4, 0.5) is 16.2 Å². The first-order valence-electron chi connectivity index (χ1n) is 10.5. The molecule has 0 heterocycles. The van der Waals surface area contributed by atoms with Crippen LogP contribution in [-0.2, 0) is 4.79 Å². The molecule has 4 N–H and O–H groups in total. The number of aliphatic carboxylic acids is 1. The number of anilines is 2. The molecule has 3 amide bonds. The maximum atomic E-state index is 12.3. The summed E-state index contributed by atoms with van der Waals surface area (Å²) in [6.45, 7) is 6.87. The molecular weight excluding hydrogens is 418 g/mol. The minimum absolute atomic E-state index is 0.328. The Bertz CT molecular complexity index is 1180. The van der Waals surface area contributed by atoms with Crippen LogP contribution in [0.5, 0.6) is 0 Å². The molecule has 3 aromatic rings. The number of carboxylic acids is 1. The zero-order chi connectivity index (χ0) is 24.2. The van der Waals surface area contributed by atoms with E-state index in [1.807, 2.05) is 44.2 Å². The summed E-state index contributed by atoms with van der Waals surface area (Å²) < 4.78 is 0. The van der Waals surface area contributed by atoms with Gasteiger partial charge in [-0.25, -0.2) is 9.59 Å². The monoisotopic (exact) mass is 445 g/mol. The van der Waals surface area contributed by atoms with Crippen LogP contribution in [0, 0.1) is 13.8 Å². The van der Waals surface area contributed by atoms with Gasteiger partial charge in [0.25, 0.3) is 5.91 Å². The van der Waals surface area contributed by atoms with E-state index in [4.69, 9.17) is 5.11 Å². The Kier molecular flexibility index (Phi) is 6.82. The van der Waals surface area contributed by atoms with E-state index < -0.39 is 17.4 Å². The summed E-state index contributed by atoms with van der Waals surface area (Å²) in [4.78, 5) is 35.8. The van der Waals surface area contributed by atoms with Gasteiger partial charge in [0.2, 0.25) is 0 Å². The second-order valence-electron chi connectivity index (χ2n) is 8.42. The highest BCUT2D eigenvalue weighted by Gasteiger charge is 2.29. The van der Waals surface area contributed by atoms with Gasteiger partial charge in [-0.1, -0.05) is 30.3 Å². The predicted octanol–water partition coefficient (Wildman–Crippen LogP) is 5.21. The van der Waals surface area contributed by atoms with E-state index in [1.54, 1.807) is 36.4 Å². The number of hydrogen-bond acceptors (Lipinski definition) is 3. The third-order valence-corrected chi connectivity index (χ3v) is 5.35. The van der Waals surface area contributed by atoms with Crippen molar-refractivity contribution in [1.29, 1.82) is 0 Å². The Morgan fingerprint density at radius 3 is 1.79 bits per heavy atom. The maximum absolute atomic E-state index is 12.3. The van der Waals surface area contributed by atoms with Crippen molar-refractivity contribution in [2.75, 3.05) is 10.6 Å². The van der Waals surface area contributed by atoms with Crippen molar-refractivity contribution in [3.05, 3.63) is 83.4 Å². The molecular formula is C26H27N3O4. The Morgan fingerprint density at radius 1 is 0.727 bits per heavy atom. The summed E-state index contributed by atoms with van der Waals surface area (Å²) in [5.41, 5.74) is 4.44. The van der Waals surface area contributed by atoms with Gasteiger partial charge >= 0.3 is 12.0 Å². The predicted molar refractivity (Wildman–Crippen MR) is 130 cm³/mol. The van der Waals surface area contributed by atoms with Crippen molar-refractivity contribution in [2.45, 2.75) is 33.2 Å². The molecule has 0 aliphatic rings. The third kappa shape index (κ3) is 5.98. The van der Waals surface area contributed by atoms with E-state index >= 15 is 0 Å². The van der Waals surface area contributed by atoms with E-state index in [0.717, 1.165) is 27.9 Å². The summed E-state index contributed by atoms with van der Waals surface area (Å²) >= 11 is 0. The lowest BCUT2D eigenvalue weighted by molar-refractivity contribution is -0.143. The summed E-state index contributed by atoms with van der Waals surface area (Å²) in [5.74, 6) is -1.56. The molecule has 0 fully saturated rings. The van der Waals surface area contributed by atoms with E-state index in [0.29, 0.717) is 11.3 Å². The number of benzene rings is 3. The second kappa shape index (κ2) is 9.56. The van der Waals surface area contributed by atoms with E-state index in [-0.39, 0.29) is 6.03 Å². The van der Waals surface area contributed by atoms with Gasteiger partial charge in [0.15, 0.2) is 0 Å². The van der Waals surface area contributed by atoms with Gasteiger partial charge in [-0.2, -0.15) is 0 Å². The Hall–Kier alpha value is -4.13. The second-order valence-corrected chi connectivity index (χ2v) is 8.42. The minimum atomic E-state index is -1.36. The van der Waals surface area contributed by atoms with Crippen molar-refractivity contribution in [1.82, 2.24) is 5.32 Å². The smallest absolute Gasteiger partial charge is 0.328 e. The summed E-state index contributed by atoms with van der Waals surface area (Å²) in [6, 6.07) is 19.6. The minimum Gasteiger partial charge on any atom is -0.480 e. The maximum Gasteiger partial charge on any atom is 0.328 e. The summed E-state index contributed by atoms with van der Waals surface area (Å²) in [6.07, 6.45) is 0. The lowest BCUT2D eigenvalue weighted by atomic mass is 10.0. The molecule has 170 valence electrons. The number of hydrogen-bond donors (Lipinski definition) is 4. The largest absolute Gasteiger partial charge is 0.480 e. The van der Waals surface area contributed by atoms with Crippen LogP contribution < -0.4 is 16.0 Å². The fourth-order valence-electron chi connectivity index (χ4n) is 3.08. The summed E-state index contributed by atoms with van der Waals surface area (Å²) in [5, 5.41) is 17.3. The van der Waals surface area contributed by atoms with Crippen molar-refractivity contribution in [2.24, 2.45) is 0 Å². The van der Waals surface area contributed by atoms with Gasteiger partial charge in [0, 0.05) is 16.9 Å². The average molecular weight is 446 g/mol. The molecule has 0 radical (unpaired) electrons. The molecule has 3 aromatic carbocycles. The van der Waals surface area contributed by atoms with Crippen molar-refractivity contribution >= 4 is 29.3 Å². The van der Waals surface area contributed by atoms with Crippen molar-refractivity contribution in [3.8, 4) is 11.1 Å². The average Bonchev–Trinajstić information content (AvgIpc) is 2.76.